The molecular formula is C10H15F3N4O3S. The zero-order valence-electron chi connectivity index (χ0n) is 11.6. The Balaban J connectivity index is 3.17. The van der Waals surface area contributed by atoms with E-state index in [0.29, 0.717) is 0 Å². The molecule has 0 atom stereocenters. The van der Waals surface area contributed by atoms with Gasteiger partial charge in [0.1, 0.15) is 11.4 Å². The van der Waals surface area contributed by atoms with Gasteiger partial charge in [0.2, 0.25) is 15.9 Å². The van der Waals surface area contributed by atoms with Gasteiger partial charge < -0.3 is 4.90 Å². The highest BCUT2D eigenvalue weighted by atomic mass is 32.2. The number of sulfonamides is 1. The molecule has 0 saturated carbocycles. The van der Waals surface area contributed by atoms with Crippen LogP contribution in [0.15, 0.2) is 11.1 Å². The number of rotatable bonds is 5. The first-order chi connectivity index (χ1) is 9.45. The second kappa shape index (κ2) is 6.02. The fraction of sp³-hybridized carbons (Fsp3) is 0.600. The topological polar surface area (TPSA) is 86.4 Å². The van der Waals surface area contributed by atoms with Crippen LogP contribution in [-0.2, 0) is 14.8 Å². The lowest BCUT2D eigenvalue weighted by molar-refractivity contribution is -0.141. The number of carbonyl (C=O) groups is 1. The molecule has 1 amide bonds. The molecule has 0 unspecified atom stereocenters. The number of halogens is 3. The van der Waals surface area contributed by atoms with Crippen LogP contribution in [0, 0.1) is 6.92 Å². The van der Waals surface area contributed by atoms with Crippen LogP contribution in [0.1, 0.15) is 5.69 Å². The molecule has 1 rings (SSSR count). The lowest BCUT2D eigenvalue weighted by atomic mass is 10.5. The molecule has 0 radical (unpaired) electrons. The molecule has 0 aromatic carbocycles. The molecular weight excluding hydrogens is 313 g/mol. The highest BCUT2D eigenvalue weighted by Crippen LogP contribution is 2.23. The van der Waals surface area contributed by atoms with Crippen molar-refractivity contribution in [3.8, 4) is 0 Å². The van der Waals surface area contributed by atoms with E-state index in [1.165, 1.54) is 21.0 Å². The van der Waals surface area contributed by atoms with E-state index in [1.807, 2.05) is 0 Å². The standard InChI is InChI=1S/C10H15F3N4O3S/c1-7-8(4-14-15-7)21(19,20)17(6-10(11,12)13)5-9(18)16(2)3/h4H,5-6H2,1-3H3,(H,14,15). The summed E-state index contributed by atoms with van der Waals surface area (Å²) in [5.41, 5.74) is 0.0967. The van der Waals surface area contributed by atoms with Crippen molar-refractivity contribution in [1.29, 1.82) is 0 Å². The average molecular weight is 328 g/mol. The van der Waals surface area contributed by atoms with Gasteiger partial charge in [0.25, 0.3) is 0 Å². The third-order valence-corrected chi connectivity index (χ3v) is 4.47. The third-order valence-electron chi connectivity index (χ3n) is 2.57. The Morgan fingerprint density at radius 2 is 1.95 bits per heavy atom. The van der Waals surface area contributed by atoms with Gasteiger partial charge in [-0.2, -0.15) is 22.6 Å². The summed E-state index contributed by atoms with van der Waals surface area (Å²) in [6.07, 6.45) is -3.86. The van der Waals surface area contributed by atoms with Crippen molar-refractivity contribution in [2.45, 2.75) is 18.0 Å². The van der Waals surface area contributed by atoms with Crippen LogP contribution in [0.25, 0.3) is 0 Å². The monoisotopic (exact) mass is 328 g/mol. The van der Waals surface area contributed by atoms with Crippen molar-refractivity contribution < 1.29 is 26.4 Å². The zero-order valence-corrected chi connectivity index (χ0v) is 12.4. The van der Waals surface area contributed by atoms with Gasteiger partial charge in [-0.15, -0.1) is 0 Å². The Bertz CT molecular complexity index is 609. The smallest absolute Gasteiger partial charge is 0.348 e. The van der Waals surface area contributed by atoms with Crippen molar-refractivity contribution in [2.24, 2.45) is 0 Å². The van der Waals surface area contributed by atoms with E-state index in [2.05, 4.69) is 10.2 Å². The SMILES string of the molecule is Cc1[nH]ncc1S(=O)(=O)N(CC(=O)N(C)C)CC(F)(F)F. The maximum Gasteiger partial charge on any atom is 0.402 e. The third kappa shape index (κ3) is 4.43. The number of aryl methyl sites for hydroxylation is 1. The first-order valence-electron chi connectivity index (χ1n) is 5.72. The number of nitrogens with zero attached hydrogens (tertiary/aromatic N) is 3. The van der Waals surface area contributed by atoms with Crippen molar-refractivity contribution in [3.05, 3.63) is 11.9 Å². The van der Waals surface area contributed by atoms with E-state index in [-0.39, 0.29) is 10.00 Å². The van der Waals surface area contributed by atoms with E-state index < -0.39 is 40.1 Å². The number of carbonyl (C=O) groups excluding carboxylic acids is 1. The first-order valence-corrected chi connectivity index (χ1v) is 7.16. The molecule has 0 fully saturated rings. The Labute approximate surface area is 119 Å². The van der Waals surface area contributed by atoms with Gasteiger partial charge in [-0.25, -0.2) is 8.42 Å². The number of aromatic nitrogens is 2. The van der Waals surface area contributed by atoms with Crippen LogP contribution in [0.4, 0.5) is 13.2 Å². The summed E-state index contributed by atoms with van der Waals surface area (Å²) in [6.45, 7) is -1.29. The number of alkyl halides is 3. The molecule has 1 N–H and O–H groups in total. The van der Waals surface area contributed by atoms with Crippen molar-refractivity contribution in [2.75, 3.05) is 27.2 Å². The molecule has 7 nitrogen and oxygen atoms in total. The molecule has 0 bridgehead atoms. The van der Waals surface area contributed by atoms with Crippen LogP contribution in [0.3, 0.4) is 0 Å². The van der Waals surface area contributed by atoms with Crippen LogP contribution >= 0.6 is 0 Å². The Kier molecular flexibility index (Phi) is 4.99. The van der Waals surface area contributed by atoms with Crippen LogP contribution in [0.2, 0.25) is 0 Å². The molecule has 120 valence electrons. The van der Waals surface area contributed by atoms with Crippen molar-refractivity contribution in [3.63, 3.8) is 0 Å². The molecule has 21 heavy (non-hydrogen) atoms. The number of nitrogens with one attached hydrogen (secondary N) is 1. The number of amides is 1. The molecule has 1 aromatic heterocycles. The number of aromatic amines is 1. The van der Waals surface area contributed by atoms with Gasteiger partial charge in [-0.1, -0.05) is 0 Å². The minimum Gasteiger partial charge on any atom is -0.348 e. The maximum atomic E-state index is 12.6. The predicted molar refractivity (Wildman–Crippen MR) is 66.8 cm³/mol. The molecule has 0 aliphatic rings. The molecule has 0 aliphatic heterocycles. The molecule has 0 spiro atoms. The molecule has 0 aliphatic carbocycles. The highest BCUT2D eigenvalue weighted by Gasteiger charge is 2.39. The molecule has 1 aromatic rings. The Morgan fingerprint density at radius 1 is 1.38 bits per heavy atom. The van der Waals surface area contributed by atoms with Crippen LogP contribution < -0.4 is 0 Å². The minimum absolute atomic E-state index is 0.0905. The Morgan fingerprint density at radius 3 is 2.33 bits per heavy atom. The summed E-state index contributed by atoms with van der Waals surface area (Å²) < 4.78 is 62.3. The number of likely N-dealkylation sites (N-methyl/N-ethyl adjacent to an activating group) is 1. The minimum atomic E-state index is -4.77. The predicted octanol–water partition coefficient (Wildman–Crippen LogP) is 0.359. The number of hydrogen-bond acceptors (Lipinski definition) is 4. The number of hydrogen-bond donors (Lipinski definition) is 1. The van der Waals surface area contributed by atoms with Gasteiger partial charge >= 0.3 is 6.18 Å². The summed E-state index contributed by atoms with van der Waals surface area (Å²) >= 11 is 0. The lowest BCUT2D eigenvalue weighted by Crippen LogP contribution is -2.44. The number of H-pyrrole nitrogens is 1. The van der Waals surface area contributed by atoms with Crippen molar-refractivity contribution >= 4 is 15.9 Å². The van der Waals surface area contributed by atoms with Gasteiger partial charge in [0.15, 0.2) is 0 Å². The first kappa shape index (κ1) is 17.4. The van der Waals surface area contributed by atoms with E-state index in [4.69, 9.17) is 0 Å². The Hall–Kier alpha value is -1.62. The molecule has 1 heterocycles. The average Bonchev–Trinajstić information content (AvgIpc) is 2.73. The van der Waals surface area contributed by atoms with E-state index in [0.717, 1.165) is 11.1 Å². The second-order valence-corrected chi connectivity index (χ2v) is 6.44. The molecule has 0 saturated heterocycles. The summed E-state index contributed by atoms with van der Waals surface area (Å²) in [6, 6.07) is 0. The second-order valence-electron chi connectivity index (χ2n) is 4.54. The zero-order chi connectivity index (χ0) is 16.4. The maximum absolute atomic E-state index is 12.6. The van der Waals surface area contributed by atoms with E-state index in [9.17, 15) is 26.4 Å². The van der Waals surface area contributed by atoms with E-state index >= 15 is 0 Å². The summed E-state index contributed by atoms with van der Waals surface area (Å²) in [7, 11) is -1.83. The largest absolute Gasteiger partial charge is 0.402 e. The van der Waals surface area contributed by atoms with Crippen LogP contribution in [0.5, 0.6) is 0 Å². The normalized spacial score (nSPS) is 12.7. The highest BCUT2D eigenvalue weighted by molar-refractivity contribution is 7.89. The summed E-state index contributed by atoms with van der Waals surface area (Å²) in [5, 5.41) is 5.81. The van der Waals surface area contributed by atoms with Gasteiger partial charge in [-0.05, 0) is 6.92 Å². The fourth-order valence-corrected chi connectivity index (χ4v) is 2.95. The van der Waals surface area contributed by atoms with Gasteiger partial charge in [0, 0.05) is 14.1 Å². The van der Waals surface area contributed by atoms with Gasteiger partial charge in [0.05, 0.1) is 18.4 Å². The van der Waals surface area contributed by atoms with E-state index in [1.54, 1.807) is 0 Å². The van der Waals surface area contributed by atoms with Crippen molar-refractivity contribution in [1.82, 2.24) is 19.4 Å². The summed E-state index contributed by atoms with van der Waals surface area (Å²) in [5.74, 6) is -0.760. The van der Waals surface area contributed by atoms with Gasteiger partial charge in [-0.3, -0.25) is 9.89 Å². The quantitative estimate of drug-likeness (QED) is 0.845. The fourth-order valence-electron chi connectivity index (χ4n) is 1.46. The van der Waals surface area contributed by atoms with Crippen LogP contribution in [-0.4, -0.2) is 67.1 Å². The summed E-state index contributed by atoms with van der Waals surface area (Å²) in [4.78, 5) is 12.2. The lowest BCUT2D eigenvalue weighted by Gasteiger charge is -2.23. The molecule has 11 heteroatoms.